The van der Waals surface area contributed by atoms with Gasteiger partial charge in [0.15, 0.2) is 5.70 Å². The van der Waals surface area contributed by atoms with Crippen molar-refractivity contribution in [3.63, 3.8) is 0 Å². The molecule has 0 aromatic carbocycles. The highest BCUT2D eigenvalue weighted by Crippen LogP contribution is 2.13. The molecule has 53 valence electrons. The van der Waals surface area contributed by atoms with E-state index in [0.717, 1.165) is 19.5 Å². The van der Waals surface area contributed by atoms with Gasteiger partial charge in [0.2, 0.25) is 5.70 Å². The zero-order valence-electron chi connectivity index (χ0n) is 6.09. The Morgan fingerprint density at radius 2 is 2.60 bits per heavy atom. The van der Waals surface area contributed by atoms with Crippen molar-refractivity contribution in [1.29, 1.82) is 0 Å². The van der Waals surface area contributed by atoms with Crippen molar-refractivity contribution in [3.8, 4) is 0 Å². The molecule has 0 atom stereocenters. The Morgan fingerprint density at radius 3 is 3.50 bits per heavy atom. The number of likely N-dealkylation sites (N-methyl/N-ethyl adjacent to an activating group) is 1. The summed E-state index contributed by atoms with van der Waals surface area (Å²) in [6.45, 7) is 2.15. The number of nitrogens with one attached hydrogen (secondary N) is 1. The number of hydrogen-bond donors (Lipinski definition) is 1. The number of hydrogen-bond acceptors (Lipinski definition) is 3. The maximum atomic E-state index is 4.21. The molecule has 0 aliphatic carbocycles. The molecule has 2 heterocycles. The minimum atomic E-state index is 0.999. The average molecular weight is 137 g/mol. The molecule has 0 fully saturated rings. The molecule has 0 amide bonds. The minimum absolute atomic E-state index is 0.999. The maximum Gasteiger partial charge on any atom is 0.284 e. The van der Waals surface area contributed by atoms with Crippen LogP contribution in [-0.4, -0.2) is 31.4 Å². The predicted molar refractivity (Wildman–Crippen MR) is 40.5 cm³/mol. The number of rotatable bonds is 0. The van der Waals surface area contributed by atoms with Crippen LogP contribution in [0.5, 0.6) is 0 Å². The molecule has 2 aliphatic heterocycles. The molecule has 1 radical (unpaired) electrons. The lowest BCUT2D eigenvalue weighted by Gasteiger charge is -2.18. The van der Waals surface area contributed by atoms with Crippen molar-refractivity contribution in [2.75, 3.05) is 20.1 Å². The van der Waals surface area contributed by atoms with Gasteiger partial charge in [0, 0.05) is 13.0 Å². The van der Waals surface area contributed by atoms with E-state index in [2.05, 4.69) is 22.3 Å². The summed E-state index contributed by atoms with van der Waals surface area (Å²) in [5.41, 5.74) is 2.53. The smallest absolute Gasteiger partial charge is 0.284 e. The van der Waals surface area contributed by atoms with E-state index in [4.69, 9.17) is 0 Å². The molecule has 0 aromatic heterocycles. The highest BCUT2D eigenvalue weighted by Gasteiger charge is 2.25. The molecule has 0 bridgehead atoms. The largest absolute Gasteiger partial charge is 0.298 e. The molecule has 0 saturated heterocycles. The van der Waals surface area contributed by atoms with Gasteiger partial charge < -0.3 is 0 Å². The van der Waals surface area contributed by atoms with Crippen molar-refractivity contribution in [3.05, 3.63) is 11.4 Å². The van der Waals surface area contributed by atoms with Crippen LogP contribution in [0.25, 0.3) is 0 Å². The molecule has 0 spiro atoms. The normalized spacial score (nSPS) is 24.9. The lowest BCUT2D eigenvalue weighted by molar-refractivity contribution is 0.343. The zero-order valence-corrected chi connectivity index (χ0v) is 6.09. The van der Waals surface area contributed by atoms with Crippen molar-refractivity contribution < 1.29 is 0 Å². The van der Waals surface area contributed by atoms with Gasteiger partial charge in [0.1, 0.15) is 0 Å². The first-order valence-electron chi connectivity index (χ1n) is 3.56. The monoisotopic (exact) mass is 137 g/mol. The van der Waals surface area contributed by atoms with Crippen molar-refractivity contribution in [1.82, 2.24) is 15.2 Å². The molecular formula is C7H11N3+. The van der Waals surface area contributed by atoms with Crippen LogP contribution >= 0.6 is 0 Å². The number of aliphatic imine (C=N–C) groups is 1. The Hall–Kier alpha value is -0.830. The Labute approximate surface area is 60.4 Å². The molecule has 0 saturated carbocycles. The van der Waals surface area contributed by atoms with Crippen LogP contribution < -0.4 is 10.3 Å². The van der Waals surface area contributed by atoms with Gasteiger partial charge in [-0.1, -0.05) is 0 Å². The molecule has 3 nitrogen and oxygen atoms in total. The van der Waals surface area contributed by atoms with E-state index < -0.39 is 0 Å². The molecule has 3 heteroatoms. The standard InChI is InChI=1S/C7H11N3/c1-10-3-2-6-7(4-10)9-5-8-6/h5,8H,2-4H2,1H3/q+1. The molecule has 2 rings (SSSR count). The van der Waals surface area contributed by atoms with E-state index in [0.29, 0.717) is 0 Å². The zero-order chi connectivity index (χ0) is 6.97. The first-order chi connectivity index (χ1) is 4.86. The topological polar surface area (TPSA) is 29.4 Å². The Kier molecular flexibility index (Phi) is 1.24. The lowest BCUT2D eigenvalue weighted by atomic mass is 10.2. The van der Waals surface area contributed by atoms with Crippen LogP contribution in [0.3, 0.4) is 0 Å². The van der Waals surface area contributed by atoms with Gasteiger partial charge in [-0.2, -0.15) is 0 Å². The van der Waals surface area contributed by atoms with Crippen LogP contribution in [0.4, 0.5) is 0 Å². The summed E-state index contributed by atoms with van der Waals surface area (Å²) in [4.78, 5) is 6.49. The fraction of sp³-hybridized carbons (Fsp3) is 0.571. The summed E-state index contributed by atoms with van der Waals surface area (Å²) in [5, 5.41) is 3.14. The third kappa shape index (κ3) is 0.827. The van der Waals surface area contributed by atoms with Crippen LogP contribution in [0.2, 0.25) is 0 Å². The third-order valence-electron chi connectivity index (χ3n) is 1.97. The average Bonchev–Trinajstić information content (AvgIpc) is 2.33. The number of nitrogens with zero attached hydrogens (tertiary/aromatic N) is 2. The van der Waals surface area contributed by atoms with E-state index in [1.807, 2.05) is 0 Å². The third-order valence-corrected chi connectivity index (χ3v) is 1.97. The second-order valence-electron chi connectivity index (χ2n) is 2.82. The first kappa shape index (κ1) is 5.92. The van der Waals surface area contributed by atoms with Gasteiger partial charge in [-0.3, -0.25) is 4.90 Å². The van der Waals surface area contributed by atoms with Crippen LogP contribution in [0.1, 0.15) is 6.42 Å². The van der Waals surface area contributed by atoms with Gasteiger partial charge in [0.05, 0.1) is 6.54 Å². The summed E-state index contributed by atoms with van der Waals surface area (Å²) in [6, 6.07) is 0. The highest BCUT2D eigenvalue weighted by molar-refractivity contribution is 5.62. The van der Waals surface area contributed by atoms with Crippen LogP contribution in [0.15, 0.2) is 11.4 Å². The summed E-state index contributed by atoms with van der Waals surface area (Å²) in [5.74, 6) is 0. The molecular weight excluding hydrogens is 126 g/mol. The van der Waals surface area contributed by atoms with Gasteiger partial charge >= 0.3 is 0 Å². The second kappa shape index (κ2) is 2.09. The van der Waals surface area contributed by atoms with Gasteiger partial charge in [-0.25, -0.2) is 5.32 Å². The summed E-state index contributed by atoms with van der Waals surface area (Å²) in [7, 11) is 2.12. The Morgan fingerprint density at radius 1 is 1.70 bits per heavy atom. The second-order valence-corrected chi connectivity index (χ2v) is 2.82. The van der Waals surface area contributed by atoms with Crippen molar-refractivity contribution in [2.45, 2.75) is 6.42 Å². The summed E-state index contributed by atoms with van der Waals surface area (Å²) < 4.78 is 0. The minimum Gasteiger partial charge on any atom is -0.298 e. The summed E-state index contributed by atoms with van der Waals surface area (Å²) in [6.07, 6.45) is 2.90. The molecule has 2 aliphatic rings. The van der Waals surface area contributed by atoms with E-state index >= 15 is 0 Å². The van der Waals surface area contributed by atoms with E-state index in [1.165, 1.54) is 11.4 Å². The van der Waals surface area contributed by atoms with E-state index in [-0.39, 0.29) is 0 Å². The van der Waals surface area contributed by atoms with Crippen LogP contribution in [-0.2, 0) is 0 Å². The Balaban J connectivity index is 2.19. The quantitative estimate of drug-likeness (QED) is 0.488. The van der Waals surface area contributed by atoms with E-state index in [1.54, 1.807) is 6.34 Å². The molecule has 10 heavy (non-hydrogen) atoms. The van der Waals surface area contributed by atoms with Gasteiger partial charge in [-0.15, -0.1) is 0 Å². The highest BCUT2D eigenvalue weighted by atomic mass is 15.2. The van der Waals surface area contributed by atoms with E-state index in [9.17, 15) is 0 Å². The summed E-state index contributed by atoms with van der Waals surface area (Å²) >= 11 is 0. The fourth-order valence-corrected chi connectivity index (χ4v) is 1.34. The SMILES string of the molecule is CN1CCC2=C(C1)[N+]=CN2. The maximum absolute atomic E-state index is 4.21. The lowest BCUT2D eigenvalue weighted by Crippen LogP contribution is -2.29. The van der Waals surface area contributed by atoms with Crippen molar-refractivity contribution in [2.24, 2.45) is 0 Å². The van der Waals surface area contributed by atoms with Crippen molar-refractivity contribution >= 4 is 6.34 Å². The fourth-order valence-electron chi connectivity index (χ4n) is 1.34. The predicted octanol–water partition coefficient (Wildman–Crippen LogP) is -0.499. The first-order valence-corrected chi connectivity index (χ1v) is 3.56. The van der Waals surface area contributed by atoms with Crippen LogP contribution in [0, 0.1) is 0 Å². The molecule has 1 N–H and O–H groups in total. The Bertz CT molecular complexity index is 205. The van der Waals surface area contributed by atoms with Gasteiger partial charge in [-0.05, 0) is 12.0 Å². The molecule has 0 aromatic rings. The molecule has 0 unspecified atom stereocenters. The van der Waals surface area contributed by atoms with Gasteiger partial charge in [0.25, 0.3) is 6.34 Å².